The summed E-state index contributed by atoms with van der Waals surface area (Å²) in [4.78, 5) is 23.8. The molecule has 5 nitrogen and oxygen atoms in total. The summed E-state index contributed by atoms with van der Waals surface area (Å²) in [7, 11) is 0. The van der Waals surface area contributed by atoms with Gasteiger partial charge in [-0.2, -0.15) is 0 Å². The quantitative estimate of drug-likeness (QED) is 0.938. The molecular weight excluding hydrogens is 268 g/mol. The summed E-state index contributed by atoms with van der Waals surface area (Å²) in [5.41, 5.74) is 2.43. The Labute approximate surface area is 122 Å². The molecule has 1 aromatic carbocycles. The van der Waals surface area contributed by atoms with Crippen LogP contribution >= 0.6 is 0 Å². The van der Waals surface area contributed by atoms with Crippen LogP contribution in [0.3, 0.4) is 0 Å². The van der Waals surface area contributed by atoms with Crippen molar-refractivity contribution in [2.45, 2.75) is 39.2 Å². The minimum atomic E-state index is -0.370. The maximum absolute atomic E-state index is 11.9. The minimum absolute atomic E-state index is 0.115. The molecule has 0 aliphatic heterocycles. The molecule has 2 aromatic rings. The molecule has 1 aliphatic carbocycles. The largest absolute Gasteiger partial charge is 0.420 e. The lowest BCUT2D eigenvalue weighted by Gasteiger charge is -2.10. The smallest absolute Gasteiger partial charge is 0.408 e. The van der Waals surface area contributed by atoms with Gasteiger partial charge in [-0.05, 0) is 37.5 Å². The number of fused-ring (bicyclic) bond motifs is 1. The second-order valence-electron chi connectivity index (χ2n) is 5.76. The molecule has 0 bridgehead atoms. The van der Waals surface area contributed by atoms with Crippen molar-refractivity contribution in [3.05, 3.63) is 34.3 Å². The average molecular weight is 288 g/mol. The zero-order chi connectivity index (χ0) is 14.8. The molecule has 1 aliphatic rings. The van der Waals surface area contributed by atoms with E-state index in [1.54, 1.807) is 4.57 Å². The lowest BCUT2D eigenvalue weighted by molar-refractivity contribution is -0.124. The molecule has 1 fully saturated rings. The summed E-state index contributed by atoms with van der Waals surface area (Å²) in [6.45, 7) is 2.85. The van der Waals surface area contributed by atoms with E-state index in [0.29, 0.717) is 18.7 Å². The number of nitrogens with one attached hydrogen (secondary N) is 1. The van der Waals surface area contributed by atoms with E-state index < -0.39 is 0 Å². The standard InChI is InChI=1S/C16H20N2O3/c1-11-6-7-13-14(10-11)21-16(20)18(13)9-8-17-15(19)12-4-2-3-5-12/h6-7,10,12H,2-5,8-9H2,1H3,(H,17,19). The number of aromatic nitrogens is 1. The first-order valence-corrected chi connectivity index (χ1v) is 7.53. The van der Waals surface area contributed by atoms with Crippen LogP contribution in [0.4, 0.5) is 0 Å². The van der Waals surface area contributed by atoms with Crippen LogP contribution in [0.5, 0.6) is 0 Å². The highest BCUT2D eigenvalue weighted by molar-refractivity contribution is 5.78. The fourth-order valence-corrected chi connectivity index (χ4v) is 3.01. The second kappa shape index (κ2) is 5.76. The number of nitrogens with zero attached hydrogens (tertiary/aromatic N) is 1. The van der Waals surface area contributed by atoms with Crippen LogP contribution in [0, 0.1) is 12.8 Å². The van der Waals surface area contributed by atoms with Gasteiger partial charge in [0.25, 0.3) is 0 Å². The van der Waals surface area contributed by atoms with Crippen LogP contribution < -0.4 is 11.1 Å². The molecule has 5 heteroatoms. The van der Waals surface area contributed by atoms with E-state index >= 15 is 0 Å². The van der Waals surface area contributed by atoms with Gasteiger partial charge in [-0.25, -0.2) is 4.79 Å². The van der Waals surface area contributed by atoms with Crippen molar-refractivity contribution < 1.29 is 9.21 Å². The molecule has 1 N–H and O–H groups in total. The molecule has 0 radical (unpaired) electrons. The fourth-order valence-electron chi connectivity index (χ4n) is 3.01. The molecule has 1 amide bonds. The number of rotatable bonds is 4. The number of benzene rings is 1. The predicted octanol–water partition coefficient (Wildman–Crippen LogP) is 2.21. The maximum Gasteiger partial charge on any atom is 0.420 e. The lowest BCUT2D eigenvalue weighted by Crippen LogP contribution is -2.33. The van der Waals surface area contributed by atoms with Crippen LogP contribution in [0.25, 0.3) is 11.1 Å². The molecule has 1 aromatic heterocycles. The van der Waals surface area contributed by atoms with Gasteiger partial charge in [-0.3, -0.25) is 9.36 Å². The van der Waals surface area contributed by atoms with Crippen molar-refractivity contribution in [2.75, 3.05) is 6.54 Å². The number of oxazole rings is 1. The molecule has 1 heterocycles. The summed E-state index contributed by atoms with van der Waals surface area (Å²) in [5.74, 6) is -0.0969. The van der Waals surface area contributed by atoms with Gasteiger partial charge in [0.05, 0.1) is 5.52 Å². The van der Waals surface area contributed by atoms with E-state index in [0.717, 1.165) is 36.8 Å². The van der Waals surface area contributed by atoms with Gasteiger partial charge in [0, 0.05) is 19.0 Å². The zero-order valence-electron chi connectivity index (χ0n) is 12.2. The van der Waals surface area contributed by atoms with Gasteiger partial charge < -0.3 is 9.73 Å². The minimum Gasteiger partial charge on any atom is -0.408 e. The van der Waals surface area contributed by atoms with Crippen LogP contribution in [0.1, 0.15) is 31.2 Å². The number of carbonyl (C=O) groups excluding carboxylic acids is 1. The van der Waals surface area contributed by atoms with E-state index in [1.165, 1.54) is 0 Å². The number of hydrogen-bond donors (Lipinski definition) is 1. The number of hydrogen-bond acceptors (Lipinski definition) is 3. The first-order valence-electron chi connectivity index (χ1n) is 7.53. The van der Waals surface area contributed by atoms with Gasteiger partial charge in [-0.1, -0.05) is 18.9 Å². The lowest BCUT2D eigenvalue weighted by atomic mass is 10.1. The molecular formula is C16H20N2O3. The molecule has 112 valence electrons. The Kier molecular flexibility index (Phi) is 3.82. The van der Waals surface area contributed by atoms with Crippen molar-refractivity contribution in [2.24, 2.45) is 5.92 Å². The molecule has 21 heavy (non-hydrogen) atoms. The third-order valence-electron chi connectivity index (χ3n) is 4.18. The molecule has 0 atom stereocenters. The highest BCUT2D eigenvalue weighted by Crippen LogP contribution is 2.24. The number of amides is 1. The highest BCUT2D eigenvalue weighted by atomic mass is 16.4. The Hall–Kier alpha value is -2.04. The monoisotopic (exact) mass is 288 g/mol. The Morgan fingerprint density at radius 2 is 2.14 bits per heavy atom. The maximum atomic E-state index is 11.9. The molecule has 0 unspecified atom stereocenters. The van der Waals surface area contributed by atoms with E-state index in [4.69, 9.17) is 4.42 Å². The molecule has 0 spiro atoms. The third kappa shape index (κ3) is 2.86. The van der Waals surface area contributed by atoms with Gasteiger partial charge >= 0.3 is 5.76 Å². The van der Waals surface area contributed by atoms with Gasteiger partial charge in [0.2, 0.25) is 5.91 Å². The number of aryl methyl sites for hydroxylation is 1. The van der Waals surface area contributed by atoms with Gasteiger partial charge in [0.1, 0.15) is 0 Å². The SMILES string of the molecule is Cc1ccc2c(c1)oc(=O)n2CCNC(=O)C1CCCC1. The van der Waals surface area contributed by atoms with E-state index in [9.17, 15) is 9.59 Å². The summed E-state index contributed by atoms with van der Waals surface area (Å²) in [6.07, 6.45) is 4.26. The summed E-state index contributed by atoms with van der Waals surface area (Å²) >= 11 is 0. The molecule has 0 saturated heterocycles. The van der Waals surface area contributed by atoms with Crippen LogP contribution in [-0.4, -0.2) is 17.0 Å². The Morgan fingerprint density at radius 3 is 2.90 bits per heavy atom. The molecule has 1 saturated carbocycles. The van der Waals surface area contributed by atoms with E-state index in [-0.39, 0.29) is 17.6 Å². The first-order chi connectivity index (χ1) is 10.1. The van der Waals surface area contributed by atoms with Crippen LogP contribution in [-0.2, 0) is 11.3 Å². The predicted molar refractivity (Wildman–Crippen MR) is 80.2 cm³/mol. The van der Waals surface area contributed by atoms with Gasteiger partial charge in [-0.15, -0.1) is 0 Å². The summed E-state index contributed by atoms with van der Waals surface area (Å²) in [6, 6.07) is 5.68. The topological polar surface area (TPSA) is 64.2 Å². The van der Waals surface area contributed by atoms with Crippen LogP contribution in [0.15, 0.2) is 27.4 Å². The normalized spacial score (nSPS) is 15.7. The van der Waals surface area contributed by atoms with Crippen LogP contribution in [0.2, 0.25) is 0 Å². The van der Waals surface area contributed by atoms with E-state index in [2.05, 4.69) is 5.32 Å². The van der Waals surface area contributed by atoms with Crippen molar-refractivity contribution in [3.63, 3.8) is 0 Å². The van der Waals surface area contributed by atoms with Crippen molar-refractivity contribution >= 4 is 17.0 Å². The van der Waals surface area contributed by atoms with Crippen molar-refractivity contribution in [1.82, 2.24) is 9.88 Å². The van der Waals surface area contributed by atoms with E-state index in [1.807, 2.05) is 25.1 Å². The Balaban J connectivity index is 1.66. The van der Waals surface area contributed by atoms with Gasteiger partial charge in [0.15, 0.2) is 5.58 Å². The summed E-state index contributed by atoms with van der Waals surface area (Å²) in [5, 5.41) is 2.93. The molecule has 3 rings (SSSR count). The Morgan fingerprint density at radius 1 is 1.38 bits per heavy atom. The average Bonchev–Trinajstić information content (AvgIpc) is 3.07. The Bertz CT molecular complexity index is 708. The fraction of sp³-hybridized carbons (Fsp3) is 0.500. The first kappa shape index (κ1) is 13.9. The third-order valence-corrected chi connectivity index (χ3v) is 4.18. The van der Waals surface area contributed by atoms with Crippen molar-refractivity contribution in [1.29, 1.82) is 0 Å². The zero-order valence-corrected chi connectivity index (χ0v) is 12.2. The highest BCUT2D eigenvalue weighted by Gasteiger charge is 2.22. The summed E-state index contributed by atoms with van der Waals surface area (Å²) < 4.78 is 6.81. The number of carbonyl (C=O) groups is 1. The van der Waals surface area contributed by atoms with Crippen molar-refractivity contribution in [3.8, 4) is 0 Å². The second-order valence-corrected chi connectivity index (χ2v) is 5.76.